The largest absolute Gasteiger partial charge is 0.333 e. The second kappa shape index (κ2) is 7.87. The van der Waals surface area contributed by atoms with E-state index in [0.29, 0.717) is 42.2 Å². The molecule has 148 valence electrons. The van der Waals surface area contributed by atoms with E-state index in [-0.39, 0.29) is 30.0 Å². The van der Waals surface area contributed by atoms with Crippen LogP contribution in [0, 0.1) is 0 Å². The number of hydrogen-bond donors (Lipinski definition) is 1. The predicted molar refractivity (Wildman–Crippen MR) is 106 cm³/mol. The first-order valence-electron chi connectivity index (χ1n) is 9.82. The van der Waals surface area contributed by atoms with Gasteiger partial charge in [0.25, 0.3) is 11.5 Å². The quantitative estimate of drug-likeness (QED) is 0.854. The fraction of sp³-hybridized carbons (Fsp3) is 0.500. The Hall–Kier alpha value is -2.48. The molecular weight excluding hydrogens is 376 g/mol. The second-order valence-corrected chi connectivity index (χ2v) is 8.27. The molecule has 1 fully saturated rings. The van der Waals surface area contributed by atoms with Crippen molar-refractivity contribution in [3.05, 3.63) is 49.8 Å². The van der Waals surface area contributed by atoms with Crippen LogP contribution >= 0.6 is 11.3 Å². The first kappa shape index (κ1) is 18.9. The van der Waals surface area contributed by atoms with Gasteiger partial charge >= 0.3 is 0 Å². The molecule has 7 nitrogen and oxygen atoms in total. The molecule has 2 aliphatic rings. The Morgan fingerprint density at radius 2 is 2.21 bits per heavy atom. The maximum Gasteiger partial charge on any atom is 0.264 e. The highest BCUT2D eigenvalue weighted by Crippen LogP contribution is 2.31. The fourth-order valence-corrected chi connectivity index (χ4v) is 4.73. The Balaban J connectivity index is 1.57. The van der Waals surface area contributed by atoms with Crippen molar-refractivity contribution in [2.75, 3.05) is 13.1 Å². The van der Waals surface area contributed by atoms with Crippen LogP contribution in [-0.2, 0) is 17.8 Å². The Morgan fingerprint density at radius 1 is 1.36 bits per heavy atom. The number of likely N-dealkylation sites (tertiary alicyclic amines) is 1. The molecule has 0 radical (unpaired) electrons. The molecule has 2 amide bonds. The van der Waals surface area contributed by atoms with Gasteiger partial charge in [0.2, 0.25) is 5.91 Å². The number of hydrogen-bond acceptors (Lipinski definition) is 5. The van der Waals surface area contributed by atoms with E-state index < -0.39 is 0 Å². The Morgan fingerprint density at radius 3 is 2.96 bits per heavy atom. The van der Waals surface area contributed by atoms with Gasteiger partial charge in [-0.3, -0.25) is 14.4 Å². The van der Waals surface area contributed by atoms with Crippen molar-refractivity contribution in [1.29, 1.82) is 0 Å². The van der Waals surface area contributed by atoms with E-state index in [1.54, 1.807) is 11.0 Å². The minimum atomic E-state index is -0.196. The van der Waals surface area contributed by atoms with Crippen LogP contribution in [0.1, 0.15) is 65.4 Å². The summed E-state index contributed by atoms with van der Waals surface area (Å²) in [6.45, 7) is 3.53. The molecule has 2 aliphatic heterocycles. The molecule has 28 heavy (non-hydrogen) atoms. The van der Waals surface area contributed by atoms with Gasteiger partial charge in [0.1, 0.15) is 5.82 Å². The van der Waals surface area contributed by atoms with Gasteiger partial charge in [-0.25, -0.2) is 4.98 Å². The van der Waals surface area contributed by atoms with Crippen molar-refractivity contribution < 1.29 is 9.59 Å². The molecule has 0 saturated carbocycles. The normalized spacial score (nSPS) is 19.0. The number of nitrogens with one attached hydrogen (secondary N) is 1. The molecule has 0 spiro atoms. The summed E-state index contributed by atoms with van der Waals surface area (Å²) in [6, 6.07) is 3.50. The third kappa shape index (κ3) is 3.48. The molecule has 2 aromatic rings. The average Bonchev–Trinajstić information content (AvgIpc) is 3.39. The number of H-pyrrole nitrogens is 1. The maximum atomic E-state index is 12.8. The van der Waals surface area contributed by atoms with E-state index in [1.807, 2.05) is 23.3 Å². The molecule has 1 N–H and O–H groups in total. The zero-order valence-electron chi connectivity index (χ0n) is 15.9. The van der Waals surface area contributed by atoms with E-state index >= 15 is 0 Å². The van der Waals surface area contributed by atoms with Crippen LogP contribution in [-0.4, -0.2) is 44.7 Å². The lowest BCUT2D eigenvalue weighted by Crippen LogP contribution is -2.40. The van der Waals surface area contributed by atoms with Crippen LogP contribution in [0.2, 0.25) is 0 Å². The topological polar surface area (TPSA) is 86.4 Å². The van der Waals surface area contributed by atoms with Crippen molar-refractivity contribution in [2.45, 2.75) is 51.6 Å². The Labute approximate surface area is 167 Å². The number of aromatic nitrogens is 2. The van der Waals surface area contributed by atoms with E-state index in [4.69, 9.17) is 4.98 Å². The molecule has 8 heteroatoms. The summed E-state index contributed by atoms with van der Waals surface area (Å²) in [6.07, 6.45) is 3.62. The standard InChI is InChI=1S/C20H24N4O3S/c1-2-5-17(25)24-9-3-6-15(24)18-21-14-8-10-23(12-13(14)19(26)22-18)20(27)16-7-4-11-28-16/h4,7,11,15H,2-3,5-6,8-10,12H2,1H3,(H,21,22,26)/t15-/m0/s1. The highest BCUT2D eigenvalue weighted by Gasteiger charge is 2.33. The summed E-state index contributed by atoms with van der Waals surface area (Å²) >= 11 is 1.41. The van der Waals surface area contributed by atoms with Gasteiger partial charge in [-0.2, -0.15) is 0 Å². The van der Waals surface area contributed by atoms with Crippen molar-refractivity contribution >= 4 is 23.2 Å². The summed E-state index contributed by atoms with van der Waals surface area (Å²) in [5.74, 6) is 0.665. The first-order valence-corrected chi connectivity index (χ1v) is 10.7. The van der Waals surface area contributed by atoms with Crippen LogP contribution in [0.4, 0.5) is 0 Å². The predicted octanol–water partition coefficient (Wildman–Crippen LogP) is 2.49. The third-order valence-electron chi connectivity index (χ3n) is 5.46. The van der Waals surface area contributed by atoms with Crippen LogP contribution in [0.15, 0.2) is 22.3 Å². The first-order chi connectivity index (χ1) is 13.6. The molecule has 1 saturated heterocycles. The number of fused-ring (bicyclic) bond motifs is 1. The van der Waals surface area contributed by atoms with Gasteiger partial charge in [0.15, 0.2) is 0 Å². The highest BCUT2D eigenvalue weighted by molar-refractivity contribution is 7.12. The van der Waals surface area contributed by atoms with E-state index in [9.17, 15) is 14.4 Å². The summed E-state index contributed by atoms with van der Waals surface area (Å²) < 4.78 is 0. The SMILES string of the molecule is CCCC(=O)N1CCC[C@H]1c1nc2c(c(=O)[nH]1)CN(C(=O)c1cccs1)CC2. The number of nitrogens with zero attached hydrogens (tertiary/aromatic N) is 3. The smallest absolute Gasteiger partial charge is 0.264 e. The number of rotatable bonds is 4. The summed E-state index contributed by atoms with van der Waals surface area (Å²) in [4.78, 5) is 49.6. The van der Waals surface area contributed by atoms with Gasteiger partial charge in [0.05, 0.1) is 28.7 Å². The van der Waals surface area contributed by atoms with Gasteiger partial charge in [-0.05, 0) is 30.7 Å². The average molecular weight is 401 g/mol. The monoisotopic (exact) mass is 400 g/mol. The minimum Gasteiger partial charge on any atom is -0.333 e. The Kier molecular flexibility index (Phi) is 5.30. The number of thiophene rings is 1. The maximum absolute atomic E-state index is 12.8. The number of aromatic amines is 1. The van der Waals surface area contributed by atoms with E-state index in [2.05, 4.69) is 4.98 Å². The lowest BCUT2D eigenvalue weighted by molar-refractivity contribution is -0.132. The van der Waals surface area contributed by atoms with Gasteiger partial charge in [-0.15, -0.1) is 11.3 Å². The molecule has 0 aliphatic carbocycles. The van der Waals surface area contributed by atoms with Crippen molar-refractivity contribution in [3.63, 3.8) is 0 Å². The van der Waals surface area contributed by atoms with Gasteiger partial charge < -0.3 is 14.8 Å². The van der Waals surface area contributed by atoms with Crippen LogP contribution in [0.3, 0.4) is 0 Å². The molecule has 2 aromatic heterocycles. The molecule has 1 atom stereocenters. The Bertz CT molecular complexity index is 937. The molecule has 4 heterocycles. The van der Waals surface area contributed by atoms with Crippen LogP contribution < -0.4 is 5.56 Å². The fourth-order valence-electron chi connectivity index (χ4n) is 4.04. The molecule has 0 aromatic carbocycles. The molecule has 0 unspecified atom stereocenters. The highest BCUT2D eigenvalue weighted by atomic mass is 32.1. The van der Waals surface area contributed by atoms with Crippen molar-refractivity contribution in [2.24, 2.45) is 0 Å². The van der Waals surface area contributed by atoms with Crippen LogP contribution in [0.5, 0.6) is 0 Å². The lowest BCUT2D eigenvalue weighted by atomic mass is 10.1. The molecular formula is C20H24N4O3S. The molecule has 4 rings (SSSR count). The number of carbonyl (C=O) groups is 2. The van der Waals surface area contributed by atoms with E-state index in [1.165, 1.54) is 11.3 Å². The van der Waals surface area contributed by atoms with Crippen molar-refractivity contribution in [1.82, 2.24) is 19.8 Å². The van der Waals surface area contributed by atoms with Crippen molar-refractivity contribution in [3.8, 4) is 0 Å². The summed E-state index contributed by atoms with van der Waals surface area (Å²) in [7, 11) is 0. The number of carbonyl (C=O) groups excluding carboxylic acids is 2. The summed E-state index contributed by atoms with van der Waals surface area (Å²) in [5, 5.41) is 1.87. The number of amides is 2. The zero-order chi connectivity index (χ0) is 19.7. The second-order valence-electron chi connectivity index (χ2n) is 7.33. The van der Waals surface area contributed by atoms with Gasteiger partial charge in [-0.1, -0.05) is 13.0 Å². The third-order valence-corrected chi connectivity index (χ3v) is 6.32. The lowest BCUT2D eigenvalue weighted by Gasteiger charge is -2.29. The zero-order valence-corrected chi connectivity index (χ0v) is 16.8. The molecule has 0 bridgehead atoms. The summed E-state index contributed by atoms with van der Waals surface area (Å²) in [5.41, 5.74) is 1.12. The van der Waals surface area contributed by atoms with Gasteiger partial charge in [0, 0.05) is 25.9 Å². The van der Waals surface area contributed by atoms with E-state index in [0.717, 1.165) is 25.0 Å². The van der Waals surface area contributed by atoms with Crippen LogP contribution in [0.25, 0.3) is 0 Å². The minimum absolute atomic E-state index is 0.0451.